The van der Waals surface area contributed by atoms with Crippen molar-refractivity contribution in [1.82, 2.24) is 79.4 Å². The highest BCUT2D eigenvalue weighted by Crippen LogP contribution is 2.36. The molecule has 4 aliphatic rings. The predicted octanol–water partition coefficient (Wildman–Crippen LogP) is 18.3. The second-order valence-electron chi connectivity index (χ2n) is 34.4. The number of alkyl halides is 12. The number of rotatable bonds is 39. The van der Waals surface area contributed by atoms with E-state index in [4.69, 9.17) is 18.9 Å². The molecule has 4 saturated heterocycles. The number of pyridine rings is 4. The molecular weight excluding hydrogens is 1960 g/mol. The minimum absolute atomic E-state index is 0.0813. The lowest BCUT2D eigenvalue weighted by Gasteiger charge is -2.31. The Kier molecular flexibility index (Phi) is 41.4. The van der Waals surface area contributed by atoms with Crippen LogP contribution in [0.3, 0.4) is 0 Å². The molecule has 790 valence electrons. The van der Waals surface area contributed by atoms with E-state index in [1.54, 1.807) is 66.7 Å². The molecule has 4 aromatic carbocycles. The Balaban J connectivity index is 0.000000166. The third kappa shape index (κ3) is 39.2. The monoisotopic (exact) mass is 2070 g/mol. The maximum absolute atomic E-state index is 14.1. The normalized spacial score (nSPS) is 15.6. The minimum Gasteiger partial charge on any atom is -0.379 e. The summed E-state index contributed by atoms with van der Waals surface area (Å²) in [6.45, 7) is 28.6. The van der Waals surface area contributed by atoms with Gasteiger partial charge in [-0.1, -0.05) is 24.3 Å². The first-order valence-electron chi connectivity index (χ1n) is 47.8. The summed E-state index contributed by atoms with van der Waals surface area (Å²) in [5, 5.41) is 41.1. The van der Waals surface area contributed by atoms with Gasteiger partial charge in [-0.25, -0.2) is 46.0 Å². The second-order valence-corrected chi connectivity index (χ2v) is 34.4. The van der Waals surface area contributed by atoms with Crippen molar-refractivity contribution in [2.45, 2.75) is 90.8 Å². The van der Waals surface area contributed by atoms with Gasteiger partial charge in [-0.05, 0) is 188 Å². The van der Waals surface area contributed by atoms with Crippen LogP contribution in [-0.2, 0) is 43.7 Å². The van der Waals surface area contributed by atoms with E-state index >= 15 is 0 Å². The third-order valence-corrected chi connectivity index (χ3v) is 22.3. The van der Waals surface area contributed by atoms with Crippen LogP contribution >= 0.6 is 0 Å². The number of ether oxygens (including phenoxy) is 4. The molecule has 8 aromatic heterocycles. The fourth-order valence-electron chi connectivity index (χ4n) is 15.0. The number of hydrogen-bond donors (Lipinski definition) is 12. The summed E-state index contributed by atoms with van der Waals surface area (Å²) in [7, 11) is 0. The van der Waals surface area contributed by atoms with Crippen LogP contribution in [0.4, 0.5) is 150 Å². The Morgan fingerprint density at radius 3 is 0.940 bits per heavy atom. The summed E-state index contributed by atoms with van der Waals surface area (Å²) in [6, 6.07) is 39.0. The highest BCUT2D eigenvalue weighted by Gasteiger charge is 2.34. The number of morpholine rings is 4. The van der Waals surface area contributed by atoms with Gasteiger partial charge in [-0.3, -0.25) is 39.5 Å². The molecule has 0 saturated carbocycles. The molecule has 4 fully saturated rings. The average Bonchev–Trinajstić information content (AvgIpc) is 0.830. The number of nitrogens with zero attached hydrogens (tertiary/aromatic N) is 20. The van der Waals surface area contributed by atoms with Crippen molar-refractivity contribution in [3.63, 3.8) is 0 Å². The molecule has 149 heavy (non-hydrogen) atoms. The molecule has 0 amide bonds. The molecule has 4 aliphatic heterocycles. The molecule has 12 N–H and O–H groups in total. The molecule has 36 nitrogen and oxygen atoms in total. The first-order valence-corrected chi connectivity index (χ1v) is 47.8. The Bertz CT molecular complexity index is 6290. The minimum atomic E-state index is -4.42. The van der Waals surface area contributed by atoms with E-state index < -0.39 is 52.8 Å². The predicted molar refractivity (Wildman–Crippen MR) is 549 cm³/mol. The Morgan fingerprint density at radius 1 is 0.322 bits per heavy atom. The molecule has 2 unspecified atom stereocenters. The molecule has 16 rings (SSSR count). The number of halogens is 13. The molecule has 12 aromatic rings. The van der Waals surface area contributed by atoms with Crippen molar-refractivity contribution in [3.8, 4) is 0 Å². The highest BCUT2D eigenvalue weighted by molar-refractivity contribution is 5.81. The van der Waals surface area contributed by atoms with Crippen molar-refractivity contribution in [1.29, 1.82) is 0 Å². The lowest BCUT2D eigenvalue weighted by Crippen LogP contribution is -2.43. The standard InChI is InChI=1S/C26H31F3N8O.2C25H29F3N8O.C24H26F4N8O/c1-18-13-24(30-9-4-10-37-11-12-38-19(2)17-37)35-25(33-18)36-32-16-22-7-8-23(15-31-22)34-21-6-3-5-20(14-21)26(27,28)29;1-17-12-23(29-8-9-36-10-11-37-18(2)16-36)34-24(32-17)35-31-15-21-6-7-22(14-30-21)33-20-5-3-4-19(13-20)25(26,27)28;1-18-14-23(29-8-3-9-36-10-12-37-13-11-36)34-24(32-18)35-31-17-21-6-7-22(16-30-21)33-20-5-2-4-19(15-20)25(26,27)28;25-21-16-31-23(34-22(21)29-7-2-8-36-9-11-37-12-10-36)35-32-15-19-5-6-20(14-30-19)33-18-4-1-3-17(13-18)24(26,27)28/h3,5-8,13-16,19,34H,4,9-12,17H2,1-2H3,(H2,30,33,35,36);3-7,12-15,18,33H,8-11,16H2,1-2H3,(H2,29,32,34,35);2,4-7,14-17,33H,3,8-13H2,1H3,(H2,29,32,34,35);1,3-6,13-16,33H,2,7-12H2,(H2,29,31,34,35)/b32-16+;31-15+;31-17+;32-15+. The molecule has 0 spiro atoms. The molecule has 49 heteroatoms. The van der Waals surface area contributed by atoms with Gasteiger partial charge in [-0.2, -0.15) is 93.0 Å². The van der Waals surface area contributed by atoms with E-state index in [0.29, 0.717) is 104 Å². The second kappa shape index (κ2) is 55.6. The molecule has 2 atom stereocenters. The summed E-state index contributed by atoms with van der Waals surface area (Å²) < 4.78 is 191. The van der Waals surface area contributed by atoms with Gasteiger partial charge in [-0.15, -0.1) is 0 Å². The number of aromatic nitrogens is 12. The van der Waals surface area contributed by atoms with Crippen LogP contribution in [0, 0.1) is 26.6 Å². The van der Waals surface area contributed by atoms with Gasteiger partial charge >= 0.3 is 24.7 Å². The first-order chi connectivity index (χ1) is 71.7. The zero-order valence-electron chi connectivity index (χ0n) is 82.1. The van der Waals surface area contributed by atoms with Crippen molar-refractivity contribution >= 4 is 117 Å². The van der Waals surface area contributed by atoms with Gasteiger partial charge < -0.3 is 61.5 Å². The molecule has 0 aliphatic carbocycles. The van der Waals surface area contributed by atoms with Crippen LogP contribution in [0.2, 0.25) is 0 Å². The molecule has 0 radical (unpaired) electrons. The van der Waals surface area contributed by atoms with Crippen molar-refractivity contribution in [3.05, 3.63) is 263 Å². The third-order valence-electron chi connectivity index (χ3n) is 22.3. The van der Waals surface area contributed by atoms with Crippen LogP contribution in [0.15, 0.2) is 215 Å². The van der Waals surface area contributed by atoms with Crippen LogP contribution in [0.5, 0.6) is 0 Å². The fraction of sp³-hybridized carbons (Fsp3) is 0.360. The van der Waals surface area contributed by atoms with Gasteiger partial charge in [0.15, 0.2) is 11.6 Å². The Hall–Kier alpha value is -15.2. The van der Waals surface area contributed by atoms with Crippen molar-refractivity contribution in [2.75, 3.05) is 209 Å². The van der Waals surface area contributed by atoms with E-state index in [1.165, 1.54) is 80.0 Å². The molecule has 0 bridgehead atoms. The quantitative estimate of drug-likeness (QED) is 0.00737. The van der Waals surface area contributed by atoms with Gasteiger partial charge in [0, 0.05) is 150 Å². The van der Waals surface area contributed by atoms with Crippen molar-refractivity contribution in [2.24, 2.45) is 20.4 Å². The molecule has 12 heterocycles. The van der Waals surface area contributed by atoms with Crippen LogP contribution in [0.25, 0.3) is 0 Å². The number of hydrogen-bond acceptors (Lipinski definition) is 36. The topological polar surface area (TPSA) is 398 Å². The zero-order valence-corrected chi connectivity index (χ0v) is 82.1. The zero-order chi connectivity index (χ0) is 105. The van der Waals surface area contributed by atoms with Crippen molar-refractivity contribution < 1.29 is 76.0 Å². The fourth-order valence-corrected chi connectivity index (χ4v) is 15.0. The Morgan fingerprint density at radius 2 is 0.624 bits per heavy atom. The van der Waals surface area contributed by atoms with Crippen LogP contribution < -0.4 is 64.2 Å². The van der Waals surface area contributed by atoms with E-state index in [1.807, 2.05) is 39.0 Å². The van der Waals surface area contributed by atoms with Gasteiger partial charge in [0.05, 0.1) is 175 Å². The van der Waals surface area contributed by atoms with E-state index in [0.717, 1.165) is 235 Å². The summed E-state index contributed by atoms with van der Waals surface area (Å²) >= 11 is 0. The summed E-state index contributed by atoms with van der Waals surface area (Å²) in [5.41, 5.74) is 16.1. The smallest absolute Gasteiger partial charge is 0.379 e. The maximum atomic E-state index is 14.1. The van der Waals surface area contributed by atoms with Crippen LogP contribution in [-0.4, -0.2) is 261 Å². The SMILES string of the molecule is Cc1cc(NCCCN2CCOC(C)C2)nc(N/N=C/c2ccc(Nc3cccc(C(F)(F)F)c3)cn2)n1.Cc1cc(NCCCN2CCOCC2)nc(N/N=C/c2ccc(Nc3cccc(C(F)(F)F)c3)cn2)n1.Cc1cc(NCCN2CCOC(C)C2)nc(N/N=C/c2ccc(Nc3cccc(C(F)(F)F)c3)cn2)n1.Fc1cnc(N/N=C/c2ccc(Nc3cccc(C(F)(F)F)c3)cn2)nc1NCCCN1CCOCC1. The number of benzene rings is 4. The average molecular weight is 2080 g/mol. The number of nitrogens with one attached hydrogen (secondary N) is 12. The highest BCUT2D eigenvalue weighted by atomic mass is 19.4. The molecular formula is C100H115F13N32O4. The lowest BCUT2D eigenvalue weighted by molar-refractivity contribution is -0.138. The van der Waals surface area contributed by atoms with Gasteiger partial charge in [0.1, 0.15) is 17.5 Å². The van der Waals surface area contributed by atoms with Gasteiger partial charge in [0.2, 0.25) is 23.8 Å². The van der Waals surface area contributed by atoms with E-state index in [2.05, 4.69) is 178 Å². The number of aryl methyl sites for hydroxylation is 3. The lowest BCUT2D eigenvalue weighted by atomic mass is 10.2. The summed E-state index contributed by atoms with van der Waals surface area (Å²) in [6.07, 6.45) is -1.26. The largest absolute Gasteiger partial charge is 0.416 e. The number of hydrazone groups is 4. The summed E-state index contributed by atoms with van der Waals surface area (Å²) in [4.78, 5) is 60.8. The first kappa shape index (κ1) is 111. The van der Waals surface area contributed by atoms with E-state index in [9.17, 15) is 57.1 Å². The van der Waals surface area contributed by atoms with E-state index in [-0.39, 0.29) is 24.0 Å². The Labute approximate surface area is 851 Å². The number of anilines is 16. The summed E-state index contributed by atoms with van der Waals surface area (Å²) in [5.74, 6) is 2.82. The maximum Gasteiger partial charge on any atom is 0.416 e. The van der Waals surface area contributed by atoms with Gasteiger partial charge in [0.25, 0.3) is 0 Å². The van der Waals surface area contributed by atoms with Crippen LogP contribution in [0.1, 0.15) is 95.2 Å².